The average molecular weight is 390 g/mol. The molecule has 136 valence electrons. The van der Waals surface area contributed by atoms with Crippen molar-refractivity contribution in [3.8, 4) is 5.75 Å². The molecule has 0 unspecified atom stereocenters. The number of nitrogens with zero attached hydrogens (tertiary/aromatic N) is 1. The molecule has 8 heteroatoms. The maximum Gasteiger partial charge on any atom is 0.257 e. The number of sulfone groups is 1. The molecule has 6 nitrogen and oxygen atoms in total. The van der Waals surface area contributed by atoms with Crippen molar-refractivity contribution in [2.75, 3.05) is 18.2 Å². The van der Waals surface area contributed by atoms with Gasteiger partial charge < -0.3 is 4.74 Å². The summed E-state index contributed by atoms with van der Waals surface area (Å²) < 4.78 is 30.3. The monoisotopic (exact) mass is 390 g/mol. The first kappa shape index (κ1) is 18.3. The molecule has 0 aliphatic heterocycles. The highest BCUT2D eigenvalue weighted by Gasteiger charge is 2.17. The van der Waals surface area contributed by atoms with Gasteiger partial charge in [-0.25, -0.2) is 13.4 Å². The van der Waals surface area contributed by atoms with E-state index in [1.165, 1.54) is 23.5 Å². The number of fused-ring (bicyclic) bond motifs is 1. The van der Waals surface area contributed by atoms with Gasteiger partial charge in [-0.15, -0.1) is 0 Å². The van der Waals surface area contributed by atoms with Crippen LogP contribution in [0.1, 0.15) is 22.8 Å². The standard InChI is InChI=1S/C18H18N2O4S2/c1-4-26(22,23)13-7-5-6-12(10-13)17(21)20-18-19-15-14(24-3)9-8-11(2)16(15)25-18/h5-10H,4H2,1-3H3,(H,19,20,21). The van der Waals surface area contributed by atoms with Gasteiger partial charge in [-0.1, -0.05) is 30.4 Å². The molecule has 2 aromatic carbocycles. The number of anilines is 1. The van der Waals surface area contributed by atoms with Gasteiger partial charge in [0.05, 0.1) is 22.5 Å². The lowest BCUT2D eigenvalue weighted by molar-refractivity contribution is 0.102. The van der Waals surface area contributed by atoms with E-state index >= 15 is 0 Å². The Labute approximate surface area is 155 Å². The maximum atomic E-state index is 12.5. The van der Waals surface area contributed by atoms with E-state index in [0.29, 0.717) is 16.4 Å². The number of ether oxygens (including phenoxy) is 1. The highest BCUT2D eigenvalue weighted by atomic mass is 32.2. The van der Waals surface area contributed by atoms with Gasteiger partial charge in [0.1, 0.15) is 11.3 Å². The van der Waals surface area contributed by atoms with E-state index in [4.69, 9.17) is 4.74 Å². The van der Waals surface area contributed by atoms with E-state index in [1.54, 1.807) is 26.2 Å². The van der Waals surface area contributed by atoms with E-state index < -0.39 is 15.7 Å². The number of hydrogen-bond donors (Lipinski definition) is 1. The first-order chi connectivity index (χ1) is 12.4. The number of carbonyl (C=O) groups is 1. The van der Waals surface area contributed by atoms with Crippen LogP contribution >= 0.6 is 11.3 Å². The minimum absolute atomic E-state index is 0.0188. The molecule has 0 aliphatic carbocycles. The molecule has 3 aromatic rings. The smallest absolute Gasteiger partial charge is 0.257 e. The third-order valence-corrected chi connectivity index (χ3v) is 6.82. The van der Waals surface area contributed by atoms with Gasteiger partial charge in [-0.3, -0.25) is 10.1 Å². The molecule has 1 heterocycles. The summed E-state index contributed by atoms with van der Waals surface area (Å²) in [6.45, 7) is 3.53. The van der Waals surface area contributed by atoms with Crippen molar-refractivity contribution in [2.24, 2.45) is 0 Å². The summed E-state index contributed by atoms with van der Waals surface area (Å²) in [5.41, 5.74) is 1.99. The van der Waals surface area contributed by atoms with Crippen molar-refractivity contribution in [3.05, 3.63) is 47.5 Å². The highest BCUT2D eigenvalue weighted by molar-refractivity contribution is 7.91. The molecule has 3 rings (SSSR count). The minimum Gasteiger partial charge on any atom is -0.494 e. The molecular formula is C18H18N2O4S2. The largest absolute Gasteiger partial charge is 0.494 e. The molecule has 0 spiro atoms. The molecule has 0 bridgehead atoms. The van der Waals surface area contributed by atoms with Crippen molar-refractivity contribution >= 4 is 42.4 Å². The van der Waals surface area contributed by atoms with E-state index in [0.717, 1.165) is 10.3 Å². The molecule has 1 amide bonds. The zero-order chi connectivity index (χ0) is 18.9. The van der Waals surface area contributed by atoms with E-state index in [-0.39, 0.29) is 16.2 Å². The molecule has 0 atom stereocenters. The first-order valence-corrected chi connectivity index (χ1v) is 10.4. The second kappa shape index (κ2) is 7.05. The van der Waals surface area contributed by atoms with Crippen molar-refractivity contribution < 1.29 is 17.9 Å². The van der Waals surface area contributed by atoms with Crippen molar-refractivity contribution in [2.45, 2.75) is 18.7 Å². The fraction of sp³-hybridized carbons (Fsp3) is 0.222. The Morgan fingerprint density at radius 3 is 2.73 bits per heavy atom. The number of nitrogens with one attached hydrogen (secondary N) is 1. The normalized spacial score (nSPS) is 11.5. The third-order valence-electron chi connectivity index (χ3n) is 3.98. The van der Waals surface area contributed by atoms with Crippen LogP contribution in [0.25, 0.3) is 10.2 Å². The Morgan fingerprint density at radius 2 is 2.04 bits per heavy atom. The molecule has 0 fully saturated rings. The second-order valence-electron chi connectivity index (χ2n) is 5.67. The molecule has 0 saturated carbocycles. The molecule has 1 aromatic heterocycles. The molecule has 0 radical (unpaired) electrons. The summed E-state index contributed by atoms with van der Waals surface area (Å²) >= 11 is 1.35. The zero-order valence-electron chi connectivity index (χ0n) is 14.6. The number of amides is 1. The van der Waals surface area contributed by atoms with Crippen molar-refractivity contribution in [3.63, 3.8) is 0 Å². The topological polar surface area (TPSA) is 85.4 Å². The Kier molecular flexibility index (Phi) is 4.97. The Bertz CT molecular complexity index is 1090. The molecule has 1 N–H and O–H groups in total. The number of aryl methyl sites for hydroxylation is 1. The van der Waals surface area contributed by atoms with Crippen LogP contribution in [0.5, 0.6) is 5.75 Å². The Morgan fingerprint density at radius 1 is 1.27 bits per heavy atom. The molecular weight excluding hydrogens is 372 g/mol. The van der Waals surface area contributed by atoms with E-state index in [1.807, 2.05) is 19.1 Å². The van der Waals surface area contributed by atoms with Crippen LogP contribution in [0.2, 0.25) is 0 Å². The summed E-state index contributed by atoms with van der Waals surface area (Å²) in [6.07, 6.45) is 0. The summed E-state index contributed by atoms with van der Waals surface area (Å²) in [5, 5.41) is 3.17. The number of thiazole rings is 1. The summed E-state index contributed by atoms with van der Waals surface area (Å²) in [4.78, 5) is 17.1. The van der Waals surface area contributed by atoms with Gasteiger partial charge in [0.25, 0.3) is 5.91 Å². The minimum atomic E-state index is -3.37. The third kappa shape index (κ3) is 3.42. The number of hydrogen-bond acceptors (Lipinski definition) is 6. The van der Waals surface area contributed by atoms with Crippen LogP contribution in [0, 0.1) is 6.92 Å². The van der Waals surface area contributed by atoms with Crippen molar-refractivity contribution in [1.29, 1.82) is 0 Å². The molecule has 0 saturated heterocycles. The predicted octanol–water partition coefficient (Wildman–Crippen LogP) is 3.66. The maximum absolute atomic E-state index is 12.5. The number of methoxy groups -OCH3 is 1. The van der Waals surface area contributed by atoms with E-state index in [9.17, 15) is 13.2 Å². The zero-order valence-corrected chi connectivity index (χ0v) is 16.2. The van der Waals surface area contributed by atoms with Crippen LogP contribution in [-0.4, -0.2) is 32.2 Å². The SMILES string of the molecule is CCS(=O)(=O)c1cccc(C(=O)Nc2nc3c(OC)ccc(C)c3s2)c1. The van der Waals surface area contributed by atoms with Gasteiger partial charge in [0, 0.05) is 5.56 Å². The summed E-state index contributed by atoms with van der Waals surface area (Å²) in [7, 11) is -1.80. The van der Waals surface area contributed by atoms with Crippen LogP contribution in [-0.2, 0) is 9.84 Å². The average Bonchev–Trinajstić information content (AvgIpc) is 3.06. The number of rotatable bonds is 5. The van der Waals surface area contributed by atoms with Gasteiger partial charge >= 0.3 is 0 Å². The fourth-order valence-electron chi connectivity index (χ4n) is 2.49. The van der Waals surface area contributed by atoms with Crippen LogP contribution in [0.15, 0.2) is 41.3 Å². The quantitative estimate of drug-likeness (QED) is 0.719. The van der Waals surface area contributed by atoms with Crippen LogP contribution in [0.4, 0.5) is 5.13 Å². The van der Waals surface area contributed by atoms with E-state index in [2.05, 4.69) is 10.3 Å². The van der Waals surface area contributed by atoms with Crippen LogP contribution < -0.4 is 10.1 Å². The summed E-state index contributed by atoms with van der Waals surface area (Å²) in [6, 6.07) is 9.77. The predicted molar refractivity (Wildman–Crippen MR) is 103 cm³/mol. The Hall–Kier alpha value is -2.45. The van der Waals surface area contributed by atoms with Crippen LogP contribution in [0.3, 0.4) is 0 Å². The first-order valence-electron chi connectivity index (χ1n) is 7.94. The van der Waals surface area contributed by atoms with Gasteiger partial charge in [0.2, 0.25) is 0 Å². The molecule has 26 heavy (non-hydrogen) atoms. The second-order valence-corrected chi connectivity index (χ2v) is 8.94. The lowest BCUT2D eigenvalue weighted by Gasteiger charge is -2.05. The lowest BCUT2D eigenvalue weighted by atomic mass is 10.2. The summed E-state index contributed by atoms with van der Waals surface area (Å²) in [5.74, 6) is 0.210. The molecule has 0 aliphatic rings. The lowest BCUT2D eigenvalue weighted by Crippen LogP contribution is -2.13. The highest BCUT2D eigenvalue weighted by Crippen LogP contribution is 2.34. The number of aromatic nitrogens is 1. The number of carbonyl (C=O) groups excluding carboxylic acids is 1. The van der Waals surface area contributed by atoms with Gasteiger partial charge in [-0.2, -0.15) is 0 Å². The van der Waals surface area contributed by atoms with Gasteiger partial charge in [-0.05, 0) is 36.8 Å². The number of benzene rings is 2. The van der Waals surface area contributed by atoms with Gasteiger partial charge in [0.15, 0.2) is 15.0 Å². The van der Waals surface area contributed by atoms with Crippen molar-refractivity contribution in [1.82, 2.24) is 4.98 Å². The Balaban J connectivity index is 1.93. The fourth-order valence-corrected chi connectivity index (χ4v) is 4.37.